The number of hydrogen-bond acceptors (Lipinski definition) is 4. The Balaban J connectivity index is 1.93. The first-order chi connectivity index (χ1) is 10.2. The van der Waals surface area contributed by atoms with E-state index in [9.17, 15) is 4.79 Å². The summed E-state index contributed by atoms with van der Waals surface area (Å²) in [6, 6.07) is 6.17. The van der Waals surface area contributed by atoms with Crippen LogP contribution in [-0.4, -0.2) is 39.3 Å². The molecule has 1 heterocycles. The Hall–Kier alpha value is -1.11. The maximum absolute atomic E-state index is 11.7. The van der Waals surface area contributed by atoms with Crippen molar-refractivity contribution in [3.05, 3.63) is 28.2 Å². The molecule has 0 spiro atoms. The molecule has 1 atom stereocenters. The van der Waals surface area contributed by atoms with Gasteiger partial charge in [0.25, 0.3) is 0 Å². The quantitative estimate of drug-likeness (QED) is 0.765. The highest BCUT2D eigenvalue weighted by Crippen LogP contribution is 2.33. The van der Waals surface area contributed by atoms with Gasteiger partial charge in [0.1, 0.15) is 5.75 Å². The Morgan fingerprint density at radius 2 is 2.38 bits per heavy atom. The minimum atomic E-state index is -0.0177. The normalized spacial score (nSPS) is 17.5. The van der Waals surface area contributed by atoms with Crippen molar-refractivity contribution < 1.29 is 14.3 Å². The van der Waals surface area contributed by atoms with E-state index in [1.54, 1.807) is 7.11 Å². The standard InChI is InChI=1S/C15H21BrN2O3/c1-20-8-6-17-15(19)10-18-13-3-2-7-21-14-9-11(16)4-5-12(13)14/h4-5,9,13,18H,2-3,6-8,10H2,1H3,(H,17,19). The molecule has 116 valence electrons. The van der Waals surface area contributed by atoms with Crippen molar-refractivity contribution in [1.29, 1.82) is 0 Å². The molecule has 6 heteroatoms. The number of halogens is 1. The number of carbonyl (C=O) groups excluding carboxylic acids is 1. The van der Waals surface area contributed by atoms with Crippen molar-refractivity contribution in [3.63, 3.8) is 0 Å². The van der Waals surface area contributed by atoms with Crippen molar-refractivity contribution in [2.24, 2.45) is 0 Å². The van der Waals surface area contributed by atoms with Crippen LogP contribution >= 0.6 is 15.9 Å². The molecular formula is C15H21BrN2O3. The number of hydrogen-bond donors (Lipinski definition) is 2. The number of rotatable bonds is 6. The Morgan fingerprint density at radius 1 is 1.52 bits per heavy atom. The molecule has 2 rings (SSSR count). The fourth-order valence-corrected chi connectivity index (χ4v) is 2.67. The number of carbonyl (C=O) groups is 1. The number of nitrogens with one attached hydrogen (secondary N) is 2. The Kier molecular flexibility index (Phi) is 6.48. The highest BCUT2D eigenvalue weighted by molar-refractivity contribution is 9.10. The van der Waals surface area contributed by atoms with Crippen molar-refractivity contribution in [3.8, 4) is 5.75 Å². The first-order valence-corrected chi connectivity index (χ1v) is 7.91. The van der Waals surface area contributed by atoms with Crippen LogP contribution in [0.25, 0.3) is 0 Å². The van der Waals surface area contributed by atoms with Crippen molar-refractivity contribution in [1.82, 2.24) is 10.6 Å². The molecule has 0 bridgehead atoms. The number of benzene rings is 1. The van der Waals surface area contributed by atoms with Gasteiger partial charge in [0.2, 0.25) is 5.91 Å². The maximum atomic E-state index is 11.7. The third-order valence-electron chi connectivity index (χ3n) is 3.38. The fraction of sp³-hybridized carbons (Fsp3) is 0.533. The molecule has 2 N–H and O–H groups in total. The number of methoxy groups -OCH3 is 1. The average molecular weight is 357 g/mol. The summed E-state index contributed by atoms with van der Waals surface area (Å²) >= 11 is 3.46. The zero-order valence-corrected chi connectivity index (χ0v) is 13.7. The largest absolute Gasteiger partial charge is 0.493 e. The van der Waals surface area contributed by atoms with E-state index in [1.165, 1.54) is 0 Å². The highest BCUT2D eigenvalue weighted by Gasteiger charge is 2.20. The van der Waals surface area contributed by atoms with E-state index in [0.717, 1.165) is 28.6 Å². The highest BCUT2D eigenvalue weighted by atomic mass is 79.9. The van der Waals surface area contributed by atoms with Gasteiger partial charge in [0.05, 0.1) is 19.8 Å². The van der Waals surface area contributed by atoms with E-state index in [1.807, 2.05) is 18.2 Å². The van der Waals surface area contributed by atoms with Crippen molar-refractivity contribution >= 4 is 21.8 Å². The second-order valence-corrected chi connectivity index (χ2v) is 5.86. The molecule has 0 radical (unpaired) electrons. The lowest BCUT2D eigenvalue weighted by Gasteiger charge is -2.18. The first-order valence-electron chi connectivity index (χ1n) is 7.12. The Morgan fingerprint density at radius 3 is 3.19 bits per heavy atom. The number of amides is 1. The predicted molar refractivity (Wildman–Crippen MR) is 84.5 cm³/mol. The van der Waals surface area contributed by atoms with Crippen molar-refractivity contribution in [2.75, 3.05) is 33.4 Å². The van der Waals surface area contributed by atoms with E-state index >= 15 is 0 Å². The predicted octanol–water partition coefficient (Wildman–Crippen LogP) is 2.01. The topological polar surface area (TPSA) is 59.6 Å². The second-order valence-electron chi connectivity index (χ2n) is 4.95. The summed E-state index contributed by atoms with van der Waals surface area (Å²) in [5.41, 5.74) is 1.11. The SMILES string of the molecule is COCCNC(=O)CNC1CCCOc2cc(Br)ccc21. The average Bonchev–Trinajstić information content (AvgIpc) is 2.67. The van der Waals surface area contributed by atoms with Gasteiger partial charge in [-0.15, -0.1) is 0 Å². The van der Waals surface area contributed by atoms with Gasteiger partial charge in [-0.05, 0) is 25.0 Å². The van der Waals surface area contributed by atoms with Gasteiger partial charge in [-0.3, -0.25) is 4.79 Å². The summed E-state index contributed by atoms with van der Waals surface area (Å²) in [6.07, 6.45) is 1.93. The van der Waals surface area contributed by atoms with E-state index in [2.05, 4.69) is 26.6 Å². The first kappa shape index (κ1) is 16.3. The molecule has 0 aromatic heterocycles. The Bertz CT molecular complexity index is 482. The van der Waals surface area contributed by atoms with Crippen LogP contribution < -0.4 is 15.4 Å². The van der Waals surface area contributed by atoms with Crippen LogP contribution in [0.1, 0.15) is 24.4 Å². The molecule has 1 amide bonds. The summed E-state index contributed by atoms with van der Waals surface area (Å²) in [4.78, 5) is 11.7. The molecule has 1 aromatic carbocycles. The monoisotopic (exact) mass is 356 g/mol. The van der Waals surface area contributed by atoms with Crippen LogP contribution in [0.2, 0.25) is 0 Å². The van der Waals surface area contributed by atoms with Crippen LogP contribution in [0.4, 0.5) is 0 Å². The van der Waals surface area contributed by atoms with E-state index in [4.69, 9.17) is 9.47 Å². The van der Waals surface area contributed by atoms with Gasteiger partial charge < -0.3 is 20.1 Å². The van der Waals surface area contributed by atoms with E-state index < -0.39 is 0 Å². The third-order valence-corrected chi connectivity index (χ3v) is 3.88. The molecule has 5 nitrogen and oxygen atoms in total. The van der Waals surface area contributed by atoms with Gasteiger partial charge in [0, 0.05) is 29.7 Å². The lowest BCUT2D eigenvalue weighted by molar-refractivity contribution is -0.120. The van der Waals surface area contributed by atoms with Gasteiger partial charge in [-0.2, -0.15) is 0 Å². The Labute approximate surface area is 133 Å². The van der Waals surface area contributed by atoms with Crippen LogP contribution in [0, 0.1) is 0 Å². The summed E-state index contributed by atoms with van der Waals surface area (Å²) < 4.78 is 11.7. The van der Waals surface area contributed by atoms with Gasteiger partial charge in [0.15, 0.2) is 0 Å². The minimum absolute atomic E-state index is 0.0177. The minimum Gasteiger partial charge on any atom is -0.493 e. The molecule has 0 fully saturated rings. The molecule has 21 heavy (non-hydrogen) atoms. The fourth-order valence-electron chi connectivity index (χ4n) is 2.33. The summed E-state index contributed by atoms with van der Waals surface area (Å²) in [6.45, 7) is 2.07. The second kappa shape index (κ2) is 8.36. The number of ether oxygens (including phenoxy) is 2. The van der Waals surface area contributed by atoms with E-state index in [0.29, 0.717) is 26.3 Å². The molecule has 1 aliphatic heterocycles. The lowest BCUT2D eigenvalue weighted by Crippen LogP contribution is -2.37. The third kappa shape index (κ3) is 4.98. The molecule has 1 aromatic rings. The molecular weight excluding hydrogens is 336 g/mol. The molecule has 0 saturated heterocycles. The van der Waals surface area contributed by atoms with Gasteiger partial charge >= 0.3 is 0 Å². The van der Waals surface area contributed by atoms with Crippen LogP contribution in [0.5, 0.6) is 5.75 Å². The molecule has 0 saturated carbocycles. The van der Waals surface area contributed by atoms with Crippen LogP contribution in [-0.2, 0) is 9.53 Å². The smallest absolute Gasteiger partial charge is 0.234 e. The molecule has 0 aliphatic carbocycles. The molecule has 1 aliphatic rings. The maximum Gasteiger partial charge on any atom is 0.234 e. The summed E-state index contributed by atoms with van der Waals surface area (Å²) in [7, 11) is 1.62. The summed E-state index contributed by atoms with van der Waals surface area (Å²) in [5.74, 6) is 0.870. The van der Waals surface area contributed by atoms with Crippen LogP contribution in [0.3, 0.4) is 0 Å². The van der Waals surface area contributed by atoms with Crippen LogP contribution in [0.15, 0.2) is 22.7 Å². The lowest BCUT2D eigenvalue weighted by atomic mass is 10.0. The molecule has 1 unspecified atom stereocenters. The van der Waals surface area contributed by atoms with Crippen molar-refractivity contribution in [2.45, 2.75) is 18.9 Å². The van der Waals surface area contributed by atoms with Gasteiger partial charge in [-0.25, -0.2) is 0 Å². The van der Waals surface area contributed by atoms with E-state index in [-0.39, 0.29) is 11.9 Å². The summed E-state index contributed by atoms with van der Waals surface area (Å²) in [5, 5.41) is 6.12. The van der Waals surface area contributed by atoms with Gasteiger partial charge in [-0.1, -0.05) is 22.0 Å². The zero-order valence-electron chi connectivity index (χ0n) is 12.2. The number of fused-ring (bicyclic) bond motifs is 1. The zero-order chi connectivity index (χ0) is 15.1.